The van der Waals surface area contributed by atoms with Crippen LogP contribution < -0.4 is 16.0 Å². The minimum Gasteiger partial charge on any atom is -0.317 e. The van der Waals surface area contributed by atoms with Crippen molar-refractivity contribution in [2.24, 2.45) is 0 Å². The molecule has 3 nitrogen and oxygen atoms in total. The first-order chi connectivity index (χ1) is 8.00. The second-order valence-electron chi connectivity index (χ2n) is 4.31. The summed E-state index contributed by atoms with van der Waals surface area (Å²) in [5, 5.41) is 10.3. The standard InChI is InChI=1S/C12H27N3S/c1-2-6-14-12-15-8-4-7-13-9-5-11-16-10-3-1/h13-15H,1-12H2. The van der Waals surface area contributed by atoms with E-state index in [2.05, 4.69) is 27.7 Å². The second-order valence-corrected chi connectivity index (χ2v) is 5.53. The van der Waals surface area contributed by atoms with Gasteiger partial charge in [-0.05, 0) is 63.4 Å². The molecule has 1 fully saturated rings. The Morgan fingerprint density at radius 2 is 1.25 bits per heavy atom. The maximum absolute atomic E-state index is 3.49. The smallest absolute Gasteiger partial charge is 0.0454 e. The Morgan fingerprint density at radius 1 is 0.562 bits per heavy atom. The number of hydrogen-bond donors (Lipinski definition) is 3. The Labute approximate surface area is 105 Å². The molecule has 1 rings (SSSR count). The molecule has 1 aliphatic heterocycles. The molecular formula is C12H27N3S. The molecule has 0 spiro atoms. The van der Waals surface area contributed by atoms with E-state index in [0.717, 1.165) is 26.3 Å². The van der Waals surface area contributed by atoms with Crippen LogP contribution in [0.5, 0.6) is 0 Å². The minimum atomic E-state index is 0.967. The highest BCUT2D eigenvalue weighted by Crippen LogP contribution is 2.07. The van der Waals surface area contributed by atoms with Gasteiger partial charge < -0.3 is 16.0 Å². The molecular weight excluding hydrogens is 218 g/mol. The predicted molar refractivity (Wildman–Crippen MR) is 74.2 cm³/mol. The van der Waals surface area contributed by atoms with Crippen LogP contribution in [-0.2, 0) is 0 Å². The third-order valence-electron chi connectivity index (χ3n) is 2.74. The second kappa shape index (κ2) is 11.7. The van der Waals surface area contributed by atoms with Gasteiger partial charge in [-0.3, -0.25) is 0 Å². The number of nitrogens with one attached hydrogen (secondary N) is 3. The summed E-state index contributed by atoms with van der Waals surface area (Å²) >= 11 is 2.12. The van der Waals surface area contributed by atoms with Gasteiger partial charge in [-0.1, -0.05) is 6.42 Å². The van der Waals surface area contributed by atoms with Crippen molar-refractivity contribution in [2.75, 3.05) is 44.4 Å². The molecule has 4 heteroatoms. The summed E-state index contributed by atoms with van der Waals surface area (Å²) < 4.78 is 0. The highest BCUT2D eigenvalue weighted by atomic mass is 32.2. The quantitative estimate of drug-likeness (QED) is 0.603. The van der Waals surface area contributed by atoms with Crippen molar-refractivity contribution in [1.29, 1.82) is 0 Å². The van der Waals surface area contributed by atoms with Gasteiger partial charge in [0, 0.05) is 6.67 Å². The van der Waals surface area contributed by atoms with Crippen LogP contribution in [0.2, 0.25) is 0 Å². The molecule has 0 aliphatic carbocycles. The van der Waals surface area contributed by atoms with Crippen molar-refractivity contribution >= 4 is 11.8 Å². The van der Waals surface area contributed by atoms with Gasteiger partial charge >= 0.3 is 0 Å². The van der Waals surface area contributed by atoms with Gasteiger partial charge in [-0.25, -0.2) is 0 Å². The Kier molecular flexibility index (Phi) is 10.5. The van der Waals surface area contributed by atoms with E-state index in [1.807, 2.05) is 0 Å². The molecule has 16 heavy (non-hydrogen) atoms. The van der Waals surface area contributed by atoms with Crippen molar-refractivity contribution in [2.45, 2.75) is 32.1 Å². The SMILES string of the molecule is C1CCNCNCCCNCCCSCC1. The molecule has 0 bridgehead atoms. The van der Waals surface area contributed by atoms with Crippen LogP contribution in [0.1, 0.15) is 32.1 Å². The van der Waals surface area contributed by atoms with Gasteiger partial charge in [0.05, 0.1) is 0 Å². The Morgan fingerprint density at radius 3 is 2.19 bits per heavy atom. The van der Waals surface area contributed by atoms with Gasteiger partial charge in [0.15, 0.2) is 0 Å². The van der Waals surface area contributed by atoms with Crippen molar-refractivity contribution in [3.8, 4) is 0 Å². The lowest BCUT2D eigenvalue weighted by Gasteiger charge is -2.09. The zero-order valence-corrected chi connectivity index (χ0v) is 11.2. The van der Waals surface area contributed by atoms with E-state index in [0.29, 0.717) is 0 Å². The van der Waals surface area contributed by atoms with E-state index in [4.69, 9.17) is 0 Å². The Balaban J connectivity index is 2.00. The lowest BCUT2D eigenvalue weighted by Crippen LogP contribution is -2.31. The third kappa shape index (κ3) is 9.46. The van der Waals surface area contributed by atoms with Crippen molar-refractivity contribution in [3.63, 3.8) is 0 Å². The molecule has 0 unspecified atom stereocenters. The lowest BCUT2D eigenvalue weighted by atomic mass is 10.2. The molecule has 0 aromatic rings. The molecule has 0 saturated carbocycles. The fraction of sp³-hybridized carbons (Fsp3) is 1.00. The van der Waals surface area contributed by atoms with E-state index >= 15 is 0 Å². The average molecular weight is 245 g/mol. The zero-order valence-electron chi connectivity index (χ0n) is 10.4. The third-order valence-corrected chi connectivity index (χ3v) is 3.90. The molecule has 0 atom stereocenters. The molecule has 96 valence electrons. The monoisotopic (exact) mass is 245 g/mol. The van der Waals surface area contributed by atoms with Crippen LogP contribution in [0.3, 0.4) is 0 Å². The first-order valence-electron chi connectivity index (χ1n) is 6.70. The van der Waals surface area contributed by atoms with Crippen molar-refractivity contribution < 1.29 is 0 Å². The Bertz CT molecular complexity index is 80.2. The summed E-state index contributed by atoms with van der Waals surface area (Å²) in [7, 11) is 0. The van der Waals surface area contributed by atoms with Crippen molar-refractivity contribution in [3.05, 3.63) is 0 Å². The van der Waals surface area contributed by atoms with Gasteiger partial charge in [-0.15, -0.1) is 0 Å². The van der Waals surface area contributed by atoms with Crippen molar-refractivity contribution in [1.82, 2.24) is 16.0 Å². The molecule has 0 amide bonds. The fourth-order valence-corrected chi connectivity index (χ4v) is 2.72. The summed E-state index contributed by atoms with van der Waals surface area (Å²) in [6.07, 6.45) is 6.63. The molecule has 3 N–H and O–H groups in total. The zero-order chi connectivity index (χ0) is 11.3. The van der Waals surface area contributed by atoms with Gasteiger partial charge in [-0.2, -0.15) is 11.8 Å². The number of hydrogen-bond acceptors (Lipinski definition) is 4. The van der Waals surface area contributed by atoms with E-state index in [1.54, 1.807) is 0 Å². The van der Waals surface area contributed by atoms with Gasteiger partial charge in [0.2, 0.25) is 0 Å². The molecule has 1 aliphatic rings. The van der Waals surface area contributed by atoms with E-state index in [-0.39, 0.29) is 0 Å². The lowest BCUT2D eigenvalue weighted by molar-refractivity contribution is 0.536. The highest BCUT2D eigenvalue weighted by Gasteiger charge is 1.94. The Hall–Kier alpha value is 0.230. The molecule has 1 saturated heterocycles. The van der Waals surface area contributed by atoms with E-state index < -0.39 is 0 Å². The van der Waals surface area contributed by atoms with E-state index in [9.17, 15) is 0 Å². The normalized spacial score (nSPS) is 24.0. The predicted octanol–water partition coefficient (Wildman–Crippen LogP) is 1.41. The van der Waals surface area contributed by atoms with Crippen LogP contribution in [-0.4, -0.2) is 44.4 Å². The van der Waals surface area contributed by atoms with Crippen LogP contribution in [0, 0.1) is 0 Å². The number of thioether (sulfide) groups is 1. The molecule has 0 aromatic carbocycles. The van der Waals surface area contributed by atoms with Crippen LogP contribution in [0.25, 0.3) is 0 Å². The van der Waals surface area contributed by atoms with Crippen LogP contribution in [0.15, 0.2) is 0 Å². The minimum absolute atomic E-state index is 0.967. The maximum Gasteiger partial charge on any atom is 0.0454 e. The summed E-state index contributed by atoms with van der Waals surface area (Å²) in [5.74, 6) is 2.67. The molecule has 1 heterocycles. The van der Waals surface area contributed by atoms with Gasteiger partial charge in [0.1, 0.15) is 0 Å². The topological polar surface area (TPSA) is 36.1 Å². The first-order valence-corrected chi connectivity index (χ1v) is 7.85. The summed E-state index contributed by atoms with van der Waals surface area (Å²) in [6.45, 7) is 5.59. The first kappa shape index (κ1) is 14.3. The van der Waals surface area contributed by atoms with Crippen LogP contribution in [0.4, 0.5) is 0 Å². The highest BCUT2D eigenvalue weighted by molar-refractivity contribution is 7.99. The number of rotatable bonds is 0. The summed E-state index contributed by atoms with van der Waals surface area (Å²) in [6, 6.07) is 0. The summed E-state index contributed by atoms with van der Waals surface area (Å²) in [4.78, 5) is 0. The molecule has 0 radical (unpaired) electrons. The van der Waals surface area contributed by atoms with Gasteiger partial charge in [0.25, 0.3) is 0 Å². The maximum atomic E-state index is 3.49. The largest absolute Gasteiger partial charge is 0.317 e. The average Bonchev–Trinajstić information content (AvgIpc) is 2.29. The molecule has 0 aromatic heterocycles. The van der Waals surface area contributed by atoms with Crippen LogP contribution >= 0.6 is 11.8 Å². The summed E-state index contributed by atoms with van der Waals surface area (Å²) in [5.41, 5.74) is 0. The fourth-order valence-electron chi connectivity index (χ4n) is 1.76. The van der Waals surface area contributed by atoms with E-state index in [1.165, 1.54) is 50.2 Å².